The van der Waals surface area contributed by atoms with E-state index in [0.29, 0.717) is 5.69 Å². The molecule has 1 aromatic rings. The lowest BCUT2D eigenvalue weighted by molar-refractivity contribution is 1.32. The minimum Gasteiger partial charge on any atom is -0.397 e. The molecule has 0 aliphatic heterocycles. The zero-order valence-corrected chi connectivity index (χ0v) is 3.76. The maximum Gasteiger partial charge on any atom is 0.114 e. The Balaban J connectivity index is 3.02. The highest BCUT2D eigenvalue weighted by Crippen LogP contribution is 1.90. The lowest BCUT2D eigenvalue weighted by Gasteiger charge is -1.81. The van der Waals surface area contributed by atoms with Crippen molar-refractivity contribution < 1.29 is 0 Å². The molecular weight excluding hydrogens is 88.1 g/mol. The molecule has 0 aromatic carbocycles. The van der Waals surface area contributed by atoms with Gasteiger partial charge in [0.2, 0.25) is 0 Å². The molecule has 0 aliphatic rings. The number of anilines is 1. The fourth-order valence-electron chi connectivity index (χ4n) is 0.339. The fraction of sp³-hybridized carbons (Fsp3) is 0. The number of nitrogens with zero attached hydrogens (tertiary/aromatic N) is 1. The predicted molar refractivity (Wildman–Crippen MR) is 27.5 cm³/mol. The van der Waals surface area contributed by atoms with Crippen molar-refractivity contribution in [2.45, 2.75) is 0 Å². The first kappa shape index (κ1) is 4.12. The molecule has 1 rings (SSSR count). The van der Waals surface area contributed by atoms with Crippen LogP contribution in [0.15, 0.2) is 18.3 Å². The molecule has 1 aromatic heterocycles. The van der Waals surface area contributed by atoms with Crippen molar-refractivity contribution in [3.63, 3.8) is 0 Å². The summed E-state index contributed by atoms with van der Waals surface area (Å²) in [6, 6.07) is 3.51. The molecule has 0 saturated heterocycles. The van der Waals surface area contributed by atoms with Crippen LogP contribution in [0.2, 0.25) is 0 Å². The molecule has 0 aliphatic carbocycles. The quantitative estimate of drug-likeness (QED) is 0.506. The van der Waals surface area contributed by atoms with Crippen molar-refractivity contribution in [1.82, 2.24) is 4.98 Å². The Bertz CT molecular complexity index is 136. The Kier molecular flexibility index (Phi) is 0.941. The topological polar surface area (TPSA) is 38.9 Å². The van der Waals surface area contributed by atoms with Gasteiger partial charge in [0, 0.05) is 6.20 Å². The van der Waals surface area contributed by atoms with E-state index in [4.69, 9.17) is 5.73 Å². The van der Waals surface area contributed by atoms with Crippen molar-refractivity contribution in [2.75, 3.05) is 5.73 Å². The molecule has 7 heavy (non-hydrogen) atoms. The molecule has 0 unspecified atom stereocenters. The van der Waals surface area contributed by atoms with E-state index in [2.05, 4.69) is 11.2 Å². The summed E-state index contributed by atoms with van der Waals surface area (Å²) in [6.07, 6.45) is 4.19. The smallest absolute Gasteiger partial charge is 0.114 e. The molecule has 1 heterocycles. The molecule has 1 radical (unpaired) electrons. The summed E-state index contributed by atoms with van der Waals surface area (Å²) >= 11 is 0. The number of nitrogens with two attached hydrogens (primary N) is 1. The summed E-state index contributed by atoms with van der Waals surface area (Å²) in [7, 11) is 0. The van der Waals surface area contributed by atoms with Gasteiger partial charge < -0.3 is 5.73 Å². The molecule has 2 heteroatoms. The van der Waals surface area contributed by atoms with Gasteiger partial charge in [-0.1, -0.05) is 0 Å². The van der Waals surface area contributed by atoms with Crippen LogP contribution in [0.3, 0.4) is 0 Å². The Hall–Kier alpha value is -1.05. The van der Waals surface area contributed by atoms with Crippen LogP contribution >= 0.6 is 0 Å². The Morgan fingerprint density at radius 2 is 2.57 bits per heavy atom. The van der Waals surface area contributed by atoms with Crippen LogP contribution in [0, 0.1) is 6.20 Å². The van der Waals surface area contributed by atoms with Crippen LogP contribution in [0.5, 0.6) is 0 Å². The first-order chi connectivity index (χ1) is 3.39. The maximum atomic E-state index is 5.24. The zero-order valence-electron chi connectivity index (χ0n) is 3.76. The summed E-state index contributed by atoms with van der Waals surface area (Å²) in [5.41, 5.74) is 5.83. The number of pyridine rings is 1. The molecule has 0 atom stereocenters. The highest BCUT2D eigenvalue weighted by atomic mass is 14.7. The van der Waals surface area contributed by atoms with Crippen molar-refractivity contribution in [3.05, 3.63) is 24.5 Å². The number of nitrogen functional groups attached to an aromatic ring is 1. The van der Waals surface area contributed by atoms with Gasteiger partial charge in [0.05, 0.1) is 5.69 Å². The lowest BCUT2D eigenvalue weighted by Crippen LogP contribution is -1.82. The fourth-order valence-corrected chi connectivity index (χ4v) is 0.339. The predicted octanol–water partition coefficient (Wildman–Crippen LogP) is 0.464. The second kappa shape index (κ2) is 1.60. The normalized spacial score (nSPS) is 8.57. The molecule has 0 saturated carbocycles. The Morgan fingerprint density at radius 3 is 2.86 bits per heavy atom. The van der Waals surface area contributed by atoms with Gasteiger partial charge in [-0.15, -0.1) is 0 Å². The van der Waals surface area contributed by atoms with Crippen LogP contribution in [-0.4, -0.2) is 4.98 Å². The molecule has 2 nitrogen and oxygen atoms in total. The van der Waals surface area contributed by atoms with Crippen molar-refractivity contribution in [2.24, 2.45) is 0 Å². The Morgan fingerprint density at radius 1 is 1.71 bits per heavy atom. The molecule has 0 spiro atoms. The lowest BCUT2D eigenvalue weighted by atomic mass is 10.4. The molecular formula is C5H5N2. The summed E-state index contributed by atoms with van der Waals surface area (Å²) in [6.45, 7) is 0. The minimum atomic E-state index is 0.586. The molecule has 0 bridgehead atoms. The van der Waals surface area contributed by atoms with Crippen LogP contribution < -0.4 is 5.73 Å². The van der Waals surface area contributed by atoms with Crippen molar-refractivity contribution in [3.8, 4) is 0 Å². The maximum absolute atomic E-state index is 5.24. The van der Waals surface area contributed by atoms with E-state index in [0.717, 1.165) is 0 Å². The van der Waals surface area contributed by atoms with Gasteiger partial charge in [0.1, 0.15) is 6.20 Å². The van der Waals surface area contributed by atoms with Gasteiger partial charge in [0.25, 0.3) is 0 Å². The van der Waals surface area contributed by atoms with Gasteiger partial charge in [-0.05, 0) is 12.1 Å². The van der Waals surface area contributed by atoms with Crippen LogP contribution in [0.1, 0.15) is 0 Å². The van der Waals surface area contributed by atoms with Gasteiger partial charge in [-0.25, -0.2) is 0 Å². The monoisotopic (exact) mass is 93.0 g/mol. The Labute approximate surface area is 42.0 Å². The van der Waals surface area contributed by atoms with Gasteiger partial charge in [-0.3, -0.25) is 4.98 Å². The van der Waals surface area contributed by atoms with Crippen LogP contribution in [-0.2, 0) is 0 Å². The highest BCUT2D eigenvalue weighted by Gasteiger charge is 1.75. The second-order valence-corrected chi connectivity index (χ2v) is 1.20. The standard InChI is InChI=1S/C5H5N2/c6-5-2-1-3-7-4-5/h1-3H,6H2. The second-order valence-electron chi connectivity index (χ2n) is 1.20. The van der Waals surface area contributed by atoms with Crippen molar-refractivity contribution in [1.29, 1.82) is 0 Å². The molecule has 2 N–H and O–H groups in total. The van der Waals surface area contributed by atoms with E-state index >= 15 is 0 Å². The van der Waals surface area contributed by atoms with Crippen LogP contribution in [0.25, 0.3) is 0 Å². The minimum absolute atomic E-state index is 0.586. The number of hydrogen-bond donors (Lipinski definition) is 1. The van der Waals surface area contributed by atoms with Crippen LogP contribution in [0.4, 0.5) is 5.69 Å². The van der Waals surface area contributed by atoms with Gasteiger partial charge in [0.15, 0.2) is 0 Å². The molecule has 0 amide bonds. The largest absolute Gasteiger partial charge is 0.397 e. The number of rotatable bonds is 0. The third-order valence-electron chi connectivity index (χ3n) is 0.630. The zero-order chi connectivity index (χ0) is 5.11. The molecule has 0 fully saturated rings. The van der Waals surface area contributed by atoms with Gasteiger partial charge >= 0.3 is 0 Å². The summed E-state index contributed by atoms with van der Waals surface area (Å²) in [5, 5.41) is 0. The van der Waals surface area contributed by atoms with E-state index < -0.39 is 0 Å². The first-order valence-electron chi connectivity index (χ1n) is 1.98. The van der Waals surface area contributed by atoms with E-state index in [1.807, 2.05) is 0 Å². The number of hydrogen-bond acceptors (Lipinski definition) is 2. The SMILES string of the molecule is Nc1[c]nccc1. The summed E-state index contributed by atoms with van der Waals surface area (Å²) in [4.78, 5) is 3.63. The first-order valence-corrected chi connectivity index (χ1v) is 1.98. The molecule has 35 valence electrons. The number of aromatic nitrogens is 1. The van der Waals surface area contributed by atoms with Gasteiger partial charge in [-0.2, -0.15) is 0 Å². The highest BCUT2D eigenvalue weighted by molar-refractivity contribution is 5.30. The summed E-state index contributed by atoms with van der Waals surface area (Å²) in [5.74, 6) is 0. The van der Waals surface area contributed by atoms with E-state index in [9.17, 15) is 0 Å². The third-order valence-corrected chi connectivity index (χ3v) is 0.630. The van der Waals surface area contributed by atoms with E-state index in [1.54, 1.807) is 18.3 Å². The van der Waals surface area contributed by atoms with E-state index in [1.165, 1.54) is 0 Å². The van der Waals surface area contributed by atoms with Crippen molar-refractivity contribution >= 4 is 5.69 Å². The summed E-state index contributed by atoms with van der Waals surface area (Å²) < 4.78 is 0. The average Bonchev–Trinajstić information content (AvgIpc) is 1.69. The van der Waals surface area contributed by atoms with E-state index in [-0.39, 0.29) is 0 Å². The average molecular weight is 93.1 g/mol. The third kappa shape index (κ3) is 0.892.